The van der Waals surface area contributed by atoms with Crippen LogP contribution < -0.4 is 4.31 Å². The number of carbonyl (C=O) groups excluding carboxylic acids is 1. The molecule has 1 atom stereocenters. The average Bonchev–Trinajstić information content (AvgIpc) is 3.00. The monoisotopic (exact) mass is 358 g/mol. The number of rotatable bonds is 5. The molecule has 0 saturated heterocycles. The summed E-state index contributed by atoms with van der Waals surface area (Å²) in [4.78, 5) is 14.5. The second-order valence-electron chi connectivity index (χ2n) is 6.10. The van der Waals surface area contributed by atoms with Gasteiger partial charge in [0.25, 0.3) is 0 Å². The maximum Gasteiger partial charge on any atom is 0.246 e. The van der Waals surface area contributed by atoms with Gasteiger partial charge in [-0.25, -0.2) is 8.42 Å². The van der Waals surface area contributed by atoms with Crippen molar-refractivity contribution in [1.29, 1.82) is 0 Å². The van der Waals surface area contributed by atoms with Crippen molar-refractivity contribution in [2.24, 2.45) is 0 Å². The first-order valence-electron chi connectivity index (χ1n) is 7.73. The summed E-state index contributed by atoms with van der Waals surface area (Å²) in [5, 5.41) is 0.518. The molecule has 1 aromatic rings. The van der Waals surface area contributed by atoms with Gasteiger partial charge in [-0.15, -0.1) is 0 Å². The Bertz CT molecular complexity index is 654. The van der Waals surface area contributed by atoms with Gasteiger partial charge in [0, 0.05) is 18.1 Å². The number of hydrogen-bond acceptors (Lipinski definition) is 3. The largest absolute Gasteiger partial charge is 0.341 e. The van der Waals surface area contributed by atoms with E-state index >= 15 is 0 Å². The number of sulfonamides is 1. The van der Waals surface area contributed by atoms with Crippen molar-refractivity contribution >= 4 is 33.2 Å². The first kappa shape index (κ1) is 18.1. The zero-order valence-corrected chi connectivity index (χ0v) is 15.3. The number of anilines is 1. The lowest BCUT2D eigenvalue weighted by Gasteiger charge is -2.33. The summed E-state index contributed by atoms with van der Waals surface area (Å²) in [6, 6.07) is 5.87. The molecule has 1 aliphatic rings. The molecule has 0 bridgehead atoms. The van der Waals surface area contributed by atoms with Crippen LogP contribution >= 0.6 is 11.6 Å². The summed E-state index contributed by atoms with van der Waals surface area (Å²) < 4.78 is 25.6. The van der Waals surface area contributed by atoms with E-state index in [1.807, 2.05) is 0 Å². The Morgan fingerprint density at radius 1 is 1.22 bits per heavy atom. The molecule has 0 aromatic heterocycles. The quantitative estimate of drug-likeness (QED) is 0.813. The lowest BCUT2D eigenvalue weighted by Crippen LogP contribution is -2.50. The van der Waals surface area contributed by atoms with Gasteiger partial charge in [-0.05, 0) is 44.0 Å². The van der Waals surface area contributed by atoms with Gasteiger partial charge in [0.05, 0.1) is 11.9 Å². The highest BCUT2D eigenvalue weighted by Gasteiger charge is 2.33. The van der Waals surface area contributed by atoms with Crippen LogP contribution in [0.5, 0.6) is 0 Å². The minimum absolute atomic E-state index is 0.183. The van der Waals surface area contributed by atoms with Crippen LogP contribution in [-0.4, -0.2) is 44.6 Å². The van der Waals surface area contributed by atoms with Gasteiger partial charge in [-0.2, -0.15) is 0 Å². The van der Waals surface area contributed by atoms with Crippen LogP contribution in [-0.2, 0) is 14.8 Å². The lowest BCUT2D eigenvalue weighted by molar-refractivity contribution is -0.132. The van der Waals surface area contributed by atoms with E-state index in [9.17, 15) is 13.2 Å². The molecule has 0 aliphatic heterocycles. The number of halogens is 1. The Kier molecular flexibility index (Phi) is 5.57. The van der Waals surface area contributed by atoms with E-state index in [1.54, 1.807) is 43.1 Å². The first-order valence-corrected chi connectivity index (χ1v) is 9.96. The second-order valence-corrected chi connectivity index (χ2v) is 8.39. The van der Waals surface area contributed by atoms with E-state index in [1.165, 1.54) is 0 Å². The van der Waals surface area contributed by atoms with Crippen LogP contribution in [0.2, 0.25) is 5.02 Å². The van der Waals surface area contributed by atoms with E-state index in [0.29, 0.717) is 10.7 Å². The summed E-state index contributed by atoms with van der Waals surface area (Å²) in [7, 11) is -1.83. The van der Waals surface area contributed by atoms with Crippen molar-refractivity contribution in [3.05, 3.63) is 29.3 Å². The number of hydrogen-bond donors (Lipinski definition) is 0. The van der Waals surface area contributed by atoms with Gasteiger partial charge >= 0.3 is 0 Å². The van der Waals surface area contributed by atoms with E-state index in [0.717, 1.165) is 36.2 Å². The van der Waals surface area contributed by atoms with Gasteiger partial charge in [0.1, 0.15) is 6.04 Å². The minimum Gasteiger partial charge on any atom is -0.341 e. The normalized spacial score (nSPS) is 17.0. The Morgan fingerprint density at radius 2 is 1.74 bits per heavy atom. The number of benzene rings is 1. The van der Waals surface area contributed by atoms with Crippen molar-refractivity contribution in [2.75, 3.05) is 17.6 Å². The van der Waals surface area contributed by atoms with Crippen LogP contribution in [0.4, 0.5) is 5.69 Å². The third-order valence-electron chi connectivity index (χ3n) is 4.37. The van der Waals surface area contributed by atoms with Crippen molar-refractivity contribution in [1.82, 2.24) is 4.90 Å². The van der Waals surface area contributed by atoms with E-state index < -0.39 is 16.1 Å². The molecule has 128 valence electrons. The SMILES string of the molecule is C[C@H](C(=O)N(C)C1CCCC1)N(c1ccc(Cl)cc1)S(C)(=O)=O. The topological polar surface area (TPSA) is 57.7 Å². The molecule has 1 amide bonds. The van der Waals surface area contributed by atoms with Crippen LogP contribution in [0.25, 0.3) is 0 Å². The van der Waals surface area contributed by atoms with E-state index in [2.05, 4.69) is 0 Å². The minimum atomic E-state index is -3.59. The fraction of sp³-hybridized carbons (Fsp3) is 0.562. The standard InChI is InChI=1S/C16H23ClN2O3S/c1-12(16(20)18(2)14-6-4-5-7-14)19(23(3,21)22)15-10-8-13(17)9-11-15/h8-12,14H,4-7H2,1-3H3/t12-/m1/s1. The van der Waals surface area contributed by atoms with Gasteiger partial charge in [0.2, 0.25) is 15.9 Å². The van der Waals surface area contributed by atoms with Crippen LogP contribution in [0, 0.1) is 0 Å². The zero-order chi connectivity index (χ0) is 17.2. The van der Waals surface area contributed by atoms with Gasteiger partial charge in [0.15, 0.2) is 0 Å². The molecule has 1 saturated carbocycles. The molecule has 0 unspecified atom stereocenters. The highest BCUT2D eigenvalue weighted by Crippen LogP contribution is 2.26. The molecule has 1 aliphatic carbocycles. The predicted molar refractivity (Wildman–Crippen MR) is 93.3 cm³/mol. The van der Waals surface area contributed by atoms with Crippen molar-refractivity contribution in [3.8, 4) is 0 Å². The number of likely N-dealkylation sites (N-methyl/N-ethyl adjacent to an activating group) is 1. The Labute approximate surface area is 143 Å². The van der Waals surface area contributed by atoms with Gasteiger partial charge in [-0.1, -0.05) is 24.4 Å². The lowest BCUT2D eigenvalue weighted by atomic mass is 10.2. The number of carbonyl (C=O) groups is 1. The molecular formula is C16H23ClN2O3S. The molecule has 0 heterocycles. The molecule has 1 aromatic carbocycles. The van der Waals surface area contributed by atoms with Crippen molar-refractivity contribution < 1.29 is 13.2 Å². The first-order chi connectivity index (χ1) is 10.7. The van der Waals surface area contributed by atoms with Gasteiger partial charge in [-0.3, -0.25) is 9.10 Å². The third-order valence-corrected chi connectivity index (χ3v) is 5.86. The van der Waals surface area contributed by atoms with Crippen molar-refractivity contribution in [3.63, 3.8) is 0 Å². The predicted octanol–water partition coefficient (Wildman–Crippen LogP) is 2.90. The zero-order valence-electron chi connectivity index (χ0n) is 13.7. The maximum absolute atomic E-state index is 12.8. The molecule has 5 nitrogen and oxygen atoms in total. The summed E-state index contributed by atoms with van der Waals surface area (Å²) in [6.45, 7) is 1.63. The molecular weight excluding hydrogens is 336 g/mol. The van der Waals surface area contributed by atoms with Gasteiger partial charge < -0.3 is 4.90 Å². The fourth-order valence-corrected chi connectivity index (χ4v) is 4.45. The highest BCUT2D eigenvalue weighted by molar-refractivity contribution is 7.92. The smallest absolute Gasteiger partial charge is 0.246 e. The number of amides is 1. The van der Waals surface area contributed by atoms with Crippen LogP contribution in [0.15, 0.2) is 24.3 Å². The summed E-state index contributed by atoms with van der Waals surface area (Å²) in [5.41, 5.74) is 0.442. The Balaban J connectivity index is 2.28. The Hall–Kier alpha value is -1.27. The Morgan fingerprint density at radius 3 is 2.22 bits per heavy atom. The second kappa shape index (κ2) is 7.09. The molecule has 23 heavy (non-hydrogen) atoms. The molecule has 0 N–H and O–H groups in total. The summed E-state index contributed by atoms with van der Waals surface area (Å²) >= 11 is 5.87. The summed E-state index contributed by atoms with van der Waals surface area (Å²) in [6.07, 6.45) is 5.30. The molecule has 0 radical (unpaired) electrons. The van der Waals surface area contributed by atoms with E-state index in [4.69, 9.17) is 11.6 Å². The fourth-order valence-electron chi connectivity index (χ4n) is 3.16. The average molecular weight is 359 g/mol. The highest BCUT2D eigenvalue weighted by atomic mass is 35.5. The molecule has 7 heteroatoms. The molecule has 1 fully saturated rings. The molecule has 2 rings (SSSR count). The maximum atomic E-state index is 12.8. The van der Waals surface area contributed by atoms with E-state index in [-0.39, 0.29) is 11.9 Å². The van der Waals surface area contributed by atoms with Crippen LogP contribution in [0.1, 0.15) is 32.6 Å². The molecule has 0 spiro atoms. The van der Waals surface area contributed by atoms with Crippen molar-refractivity contribution in [2.45, 2.75) is 44.7 Å². The third kappa shape index (κ3) is 4.18. The summed E-state index contributed by atoms with van der Waals surface area (Å²) in [5.74, 6) is -0.183. The van der Waals surface area contributed by atoms with Crippen LogP contribution in [0.3, 0.4) is 0 Å². The number of nitrogens with zero attached hydrogens (tertiary/aromatic N) is 2.